The van der Waals surface area contributed by atoms with Gasteiger partial charge in [0, 0.05) is 19.7 Å². The zero-order valence-corrected chi connectivity index (χ0v) is 11.2. The van der Waals surface area contributed by atoms with Crippen molar-refractivity contribution in [3.63, 3.8) is 0 Å². The fraction of sp³-hybridized carbons (Fsp3) is 0.833. The molecule has 6 nitrogen and oxygen atoms in total. The van der Waals surface area contributed by atoms with Gasteiger partial charge >= 0.3 is 12.0 Å². The van der Waals surface area contributed by atoms with Crippen molar-refractivity contribution in [2.45, 2.75) is 38.8 Å². The molecule has 0 saturated carbocycles. The van der Waals surface area contributed by atoms with Gasteiger partial charge in [0.1, 0.15) is 0 Å². The number of carboxylic acid groups (broad SMARTS) is 1. The molecule has 18 heavy (non-hydrogen) atoms. The number of methoxy groups -OCH3 is 1. The molecule has 0 bridgehead atoms. The molecule has 2 N–H and O–H groups in total. The highest BCUT2D eigenvalue weighted by molar-refractivity contribution is 5.76. The Kier molecular flexibility index (Phi) is 5.40. The number of ether oxygens (including phenoxy) is 1. The monoisotopic (exact) mass is 258 g/mol. The van der Waals surface area contributed by atoms with E-state index in [0.29, 0.717) is 26.0 Å². The Morgan fingerprint density at radius 3 is 2.72 bits per heavy atom. The van der Waals surface area contributed by atoms with Crippen LogP contribution in [-0.4, -0.2) is 54.4 Å². The van der Waals surface area contributed by atoms with Crippen LogP contribution in [0.5, 0.6) is 0 Å². The molecule has 1 aliphatic rings. The minimum absolute atomic E-state index is 0.0467. The van der Waals surface area contributed by atoms with E-state index in [1.54, 1.807) is 12.0 Å². The number of nitrogens with one attached hydrogen (secondary N) is 1. The molecule has 0 spiro atoms. The lowest BCUT2D eigenvalue weighted by atomic mass is 9.92. The molecule has 2 amide bonds. The molecule has 0 aromatic rings. The van der Waals surface area contributed by atoms with Gasteiger partial charge in [-0.05, 0) is 26.7 Å². The molecule has 104 valence electrons. The maximum Gasteiger partial charge on any atom is 0.317 e. The molecule has 3 atom stereocenters. The van der Waals surface area contributed by atoms with Crippen LogP contribution in [0.2, 0.25) is 0 Å². The highest BCUT2D eigenvalue weighted by atomic mass is 16.5. The number of likely N-dealkylation sites (tertiary alicyclic amines) is 1. The molecule has 1 saturated heterocycles. The average molecular weight is 258 g/mol. The first-order valence-corrected chi connectivity index (χ1v) is 6.24. The molecule has 1 fully saturated rings. The molecule has 1 aliphatic heterocycles. The minimum atomic E-state index is -0.769. The van der Waals surface area contributed by atoms with Crippen molar-refractivity contribution in [1.29, 1.82) is 0 Å². The van der Waals surface area contributed by atoms with Gasteiger partial charge in [0.2, 0.25) is 0 Å². The Bertz CT molecular complexity index is 308. The number of urea groups is 1. The number of piperidine rings is 1. The summed E-state index contributed by atoms with van der Waals surface area (Å²) < 4.78 is 4.96. The number of rotatable bonds is 4. The standard InChI is InChI=1S/C12H22N2O4/c1-8(7-18-3)13-12(17)14-5-4-10(11(15)16)6-9(14)2/h8-10H,4-7H2,1-3H3,(H,13,17)(H,15,16). The van der Waals surface area contributed by atoms with Crippen LogP contribution in [0.25, 0.3) is 0 Å². The maximum absolute atomic E-state index is 12.0. The molecule has 3 unspecified atom stereocenters. The summed E-state index contributed by atoms with van der Waals surface area (Å²) >= 11 is 0. The Balaban J connectivity index is 2.48. The van der Waals surface area contributed by atoms with Gasteiger partial charge in [-0.2, -0.15) is 0 Å². The fourth-order valence-electron chi connectivity index (χ4n) is 2.28. The van der Waals surface area contributed by atoms with Crippen molar-refractivity contribution in [3.05, 3.63) is 0 Å². The van der Waals surface area contributed by atoms with Gasteiger partial charge in [0.25, 0.3) is 0 Å². The number of aliphatic carboxylic acids is 1. The van der Waals surface area contributed by atoms with E-state index in [4.69, 9.17) is 9.84 Å². The Hall–Kier alpha value is -1.30. The lowest BCUT2D eigenvalue weighted by Crippen LogP contribution is -2.52. The summed E-state index contributed by atoms with van der Waals surface area (Å²) in [6, 6.07) is -0.239. The smallest absolute Gasteiger partial charge is 0.317 e. The summed E-state index contributed by atoms with van der Waals surface area (Å²) in [6.45, 7) is 4.71. The number of carboxylic acids is 1. The van der Waals surface area contributed by atoms with Crippen molar-refractivity contribution in [2.75, 3.05) is 20.3 Å². The van der Waals surface area contributed by atoms with Crippen LogP contribution in [0.15, 0.2) is 0 Å². The average Bonchev–Trinajstić information content (AvgIpc) is 2.28. The third-order valence-electron chi connectivity index (χ3n) is 3.27. The van der Waals surface area contributed by atoms with Crippen LogP contribution in [0.4, 0.5) is 4.79 Å². The SMILES string of the molecule is COCC(C)NC(=O)N1CCC(C(=O)O)CC1C. The van der Waals surface area contributed by atoms with Crippen molar-refractivity contribution in [1.82, 2.24) is 10.2 Å². The van der Waals surface area contributed by atoms with Gasteiger partial charge in [0.15, 0.2) is 0 Å². The quantitative estimate of drug-likeness (QED) is 0.785. The lowest BCUT2D eigenvalue weighted by molar-refractivity contribution is -0.143. The Morgan fingerprint density at radius 1 is 1.56 bits per heavy atom. The summed E-state index contributed by atoms with van der Waals surface area (Å²) in [5.74, 6) is -1.10. The topological polar surface area (TPSA) is 78.9 Å². The number of hydrogen-bond donors (Lipinski definition) is 2. The summed E-state index contributed by atoms with van der Waals surface area (Å²) in [7, 11) is 1.59. The number of amides is 2. The molecule has 0 aliphatic carbocycles. The predicted octanol–water partition coefficient (Wildman–Crippen LogP) is 0.916. The van der Waals surface area contributed by atoms with Crippen molar-refractivity contribution in [2.24, 2.45) is 5.92 Å². The Morgan fingerprint density at radius 2 is 2.22 bits per heavy atom. The highest BCUT2D eigenvalue weighted by Gasteiger charge is 2.32. The zero-order chi connectivity index (χ0) is 13.7. The third kappa shape index (κ3) is 3.87. The number of hydrogen-bond acceptors (Lipinski definition) is 3. The van der Waals surface area contributed by atoms with E-state index in [1.165, 1.54) is 0 Å². The highest BCUT2D eigenvalue weighted by Crippen LogP contribution is 2.22. The van der Waals surface area contributed by atoms with E-state index in [0.717, 1.165) is 0 Å². The van der Waals surface area contributed by atoms with E-state index in [2.05, 4.69) is 5.32 Å². The van der Waals surface area contributed by atoms with Gasteiger partial charge in [-0.25, -0.2) is 4.79 Å². The van der Waals surface area contributed by atoms with E-state index in [9.17, 15) is 9.59 Å². The third-order valence-corrected chi connectivity index (χ3v) is 3.27. The maximum atomic E-state index is 12.0. The van der Waals surface area contributed by atoms with Gasteiger partial charge < -0.3 is 20.1 Å². The van der Waals surface area contributed by atoms with Gasteiger partial charge in [-0.3, -0.25) is 4.79 Å². The van der Waals surface area contributed by atoms with Gasteiger partial charge in [-0.15, -0.1) is 0 Å². The first-order valence-electron chi connectivity index (χ1n) is 6.24. The van der Waals surface area contributed by atoms with E-state index in [1.807, 2.05) is 13.8 Å². The predicted molar refractivity (Wildman–Crippen MR) is 66.4 cm³/mol. The van der Waals surface area contributed by atoms with Crippen molar-refractivity contribution in [3.8, 4) is 0 Å². The molecular weight excluding hydrogens is 236 g/mol. The van der Waals surface area contributed by atoms with Gasteiger partial charge in [-0.1, -0.05) is 0 Å². The molecular formula is C12H22N2O4. The van der Waals surface area contributed by atoms with Crippen molar-refractivity contribution >= 4 is 12.0 Å². The summed E-state index contributed by atoms with van der Waals surface area (Å²) in [6.07, 6.45) is 1.03. The molecule has 0 aromatic carbocycles. The normalized spacial score (nSPS) is 25.6. The second-order valence-corrected chi connectivity index (χ2v) is 4.91. The fourth-order valence-corrected chi connectivity index (χ4v) is 2.28. The largest absolute Gasteiger partial charge is 0.481 e. The van der Waals surface area contributed by atoms with Crippen LogP contribution < -0.4 is 5.32 Å². The minimum Gasteiger partial charge on any atom is -0.481 e. The molecule has 0 aromatic heterocycles. The van der Waals surface area contributed by atoms with Gasteiger partial charge in [0.05, 0.1) is 18.6 Å². The Labute approximate surface area is 107 Å². The summed E-state index contributed by atoms with van der Waals surface area (Å²) in [5, 5.41) is 11.8. The summed E-state index contributed by atoms with van der Waals surface area (Å²) in [4.78, 5) is 24.6. The number of nitrogens with zero attached hydrogens (tertiary/aromatic N) is 1. The van der Waals surface area contributed by atoms with Crippen LogP contribution >= 0.6 is 0 Å². The molecule has 6 heteroatoms. The first kappa shape index (κ1) is 14.8. The summed E-state index contributed by atoms with van der Waals surface area (Å²) in [5.41, 5.74) is 0. The second kappa shape index (κ2) is 6.58. The number of carbonyl (C=O) groups is 2. The van der Waals surface area contributed by atoms with Crippen LogP contribution in [0.3, 0.4) is 0 Å². The van der Waals surface area contributed by atoms with Crippen LogP contribution in [-0.2, 0) is 9.53 Å². The number of carbonyl (C=O) groups excluding carboxylic acids is 1. The lowest BCUT2D eigenvalue weighted by Gasteiger charge is -2.36. The van der Waals surface area contributed by atoms with E-state index < -0.39 is 5.97 Å². The molecule has 0 radical (unpaired) electrons. The van der Waals surface area contributed by atoms with Crippen LogP contribution in [0, 0.1) is 5.92 Å². The van der Waals surface area contributed by atoms with E-state index in [-0.39, 0.29) is 24.0 Å². The molecule has 1 rings (SSSR count). The van der Waals surface area contributed by atoms with Crippen molar-refractivity contribution < 1.29 is 19.4 Å². The van der Waals surface area contributed by atoms with E-state index >= 15 is 0 Å². The first-order chi connectivity index (χ1) is 8.45. The zero-order valence-electron chi connectivity index (χ0n) is 11.2. The second-order valence-electron chi connectivity index (χ2n) is 4.91. The van der Waals surface area contributed by atoms with Crippen LogP contribution in [0.1, 0.15) is 26.7 Å². The molecule has 1 heterocycles.